The van der Waals surface area contributed by atoms with Crippen LogP contribution in [-0.4, -0.2) is 16.9 Å². The number of primary amides is 1. The first-order chi connectivity index (χ1) is 10.9. The minimum atomic E-state index is -1.22. The fraction of sp³-hybridized carbons (Fsp3) is 0.222. The van der Waals surface area contributed by atoms with E-state index in [0.717, 1.165) is 5.56 Å². The van der Waals surface area contributed by atoms with E-state index in [1.54, 1.807) is 43.3 Å². The van der Waals surface area contributed by atoms with Gasteiger partial charge in [-0.3, -0.25) is 9.59 Å². The molecule has 2 rings (SSSR count). The maximum Gasteiger partial charge on any atom is 0.248 e. The van der Waals surface area contributed by atoms with E-state index >= 15 is 0 Å². The molecular weight excluding hydrogens is 292 g/mol. The molecule has 0 fully saturated rings. The van der Waals surface area contributed by atoms with Crippen molar-refractivity contribution in [3.05, 3.63) is 71.3 Å². The largest absolute Gasteiger partial charge is 0.385 e. The lowest BCUT2D eigenvalue weighted by Crippen LogP contribution is -2.32. The van der Waals surface area contributed by atoms with Crippen molar-refractivity contribution >= 4 is 11.8 Å². The molecule has 5 heteroatoms. The molecule has 2 aromatic rings. The van der Waals surface area contributed by atoms with E-state index in [1.165, 1.54) is 0 Å². The average molecular weight is 312 g/mol. The molecule has 0 spiro atoms. The van der Waals surface area contributed by atoms with Crippen LogP contribution in [0.25, 0.3) is 0 Å². The Kier molecular flexibility index (Phi) is 5.13. The van der Waals surface area contributed by atoms with Crippen LogP contribution in [0.2, 0.25) is 0 Å². The van der Waals surface area contributed by atoms with Crippen molar-refractivity contribution in [1.82, 2.24) is 5.32 Å². The highest BCUT2D eigenvalue weighted by molar-refractivity contribution is 5.92. The Labute approximate surface area is 135 Å². The van der Waals surface area contributed by atoms with Gasteiger partial charge < -0.3 is 16.2 Å². The van der Waals surface area contributed by atoms with Gasteiger partial charge in [-0.2, -0.15) is 0 Å². The standard InChI is InChI=1S/C18H20N2O3/c1-18(23,15-5-3-2-4-6-15)11-16(21)20-12-13-7-9-14(10-8-13)17(19)22/h2-10,23H,11-12H2,1H3,(H2,19,22)(H,20,21). The number of carbonyl (C=O) groups is 2. The van der Waals surface area contributed by atoms with Crippen LogP contribution in [-0.2, 0) is 16.9 Å². The number of hydrogen-bond donors (Lipinski definition) is 3. The summed E-state index contributed by atoms with van der Waals surface area (Å²) in [5.41, 5.74) is 5.92. The van der Waals surface area contributed by atoms with Gasteiger partial charge in [-0.15, -0.1) is 0 Å². The number of rotatable bonds is 6. The number of nitrogens with two attached hydrogens (primary N) is 1. The second-order valence-electron chi connectivity index (χ2n) is 5.65. The van der Waals surface area contributed by atoms with Crippen molar-refractivity contribution in [2.45, 2.75) is 25.5 Å². The van der Waals surface area contributed by atoms with Gasteiger partial charge in [-0.25, -0.2) is 0 Å². The highest BCUT2D eigenvalue weighted by Gasteiger charge is 2.26. The molecule has 23 heavy (non-hydrogen) atoms. The third-order valence-electron chi connectivity index (χ3n) is 3.63. The predicted molar refractivity (Wildman–Crippen MR) is 87.4 cm³/mol. The second-order valence-corrected chi connectivity index (χ2v) is 5.65. The van der Waals surface area contributed by atoms with E-state index in [2.05, 4.69) is 5.32 Å². The average Bonchev–Trinajstić information content (AvgIpc) is 2.54. The molecule has 1 atom stereocenters. The molecular formula is C18H20N2O3. The smallest absolute Gasteiger partial charge is 0.248 e. The van der Waals surface area contributed by atoms with Crippen LogP contribution in [0.15, 0.2) is 54.6 Å². The van der Waals surface area contributed by atoms with Gasteiger partial charge in [0.15, 0.2) is 0 Å². The van der Waals surface area contributed by atoms with Crippen LogP contribution in [0.5, 0.6) is 0 Å². The molecule has 5 nitrogen and oxygen atoms in total. The van der Waals surface area contributed by atoms with Crippen molar-refractivity contribution in [3.8, 4) is 0 Å². The summed E-state index contributed by atoms with van der Waals surface area (Å²) in [7, 11) is 0. The van der Waals surface area contributed by atoms with Gasteiger partial charge in [0.1, 0.15) is 0 Å². The molecule has 0 bridgehead atoms. The number of aliphatic hydroxyl groups is 1. The molecule has 2 amide bonds. The van der Waals surface area contributed by atoms with Crippen LogP contribution in [0.3, 0.4) is 0 Å². The Morgan fingerprint density at radius 2 is 1.70 bits per heavy atom. The third kappa shape index (κ3) is 4.66. The lowest BCUT2D eigenvalue weighted by atomic mass is 9.92. The van der Waals surface area contributed by atoms with E-state index in [9.17, 15) is 14.7 Å². The highest BCUT2D eigenvalue weighted by Crippen LogP contribution is 2.23. The van der Waals surface area contributed by atoms with E-state index < -0.39 is 11.5 Å². The lowest BCUT2D eigenvalue weighted by Gasteiger charge is -2.23. The maximum atomic E-state index is 12.0. The first kappa shape index (κ1) is 16.7. The monoisotopic (exact) mass is 312 g/mol. The van der Waals surface area contributed by atoms with Crippen molar-refractivity contribution in [2.75, 3.05) is 0 Å². The minimum absolute atomic E-state index is 0.0314. The van der Waals surface area contributed by atoms with E-state index in [-0.39, 0.29) is 12.3 Å². The molecule has 120 valence electrons. The summed E-state index contributed by atoms with van der Waals surface area (Å²) < 4.78 is 0. The fourth-order valence-corrected chi connectivity index (χ4v) is 2.26. The van der Waals surface area contributed by atoms with Crippen LogP contribution in [0, 0.1) is 0 Å². The lowest BCUT2D eigenvalue weighted by molar-refractivity contribution is -0.126. The Morgan fingerprint density at radius 3 is 2.26 bits per heavy atom. The zero-order chi connectivity index (χ0) is 16.9. The van der Waals surface area contributed by atoms with Crippen molar-refractivity contribution < 1.29 is 14.7 Å². The van der Waals surface area contributed by atoms with Crippen LogP contribution >= 0.6 is 0 Å². The number of nitrogens with one attached hydrogen (secondary N) is 1. The van der Waals surface area contributed by atoms with Gasteiger partial charge in [0, 0.05) is 12.1 Å². The Hall–Kier alpha value is -2.66. The summed E-state index contributed by atoms with van der Waals surface area (Å²) in [5, 5.41) is 13.2. The minimum Gasteiger partial charge on any atom is -0.385 e. The highest BCUT2D eigenvalue weighted by atomic mass is 16.3. The van der Waals surface area contributed by atoms with E-state index in [4.69, 9.17) is 5.73 Å². The Morgan fingerprint density at radius 1 is 1.09 bits per heavy atom. The van der Waals surface area contributed by atoms with Gasteiger partial charge in [-0.1, -0.05) is 42.5 Å². The van der Waals surface area contributed by atoms with Gasteiger partial charge in [0.05, 0.1) is 12.0 Å². The van der Waals surface area contributed by atoms with Crippen molar-refractivity contribution in [3.63, 3.8) is 0 Å². The van der Waals surface area contributed by atoms with Gasteiger partial charge in [-0.05, 0) is 30.2 Å². The third-order valence-corrected chi connectivity index (χ3v) is 3.63. The van der Waals surface area contributed by atoms with Crippen molar-refractivity contribution in [1.29, 1.82) is 0 Å². The molecule has 2 aromatic carbocycles. The maximum absolute atomic E-state index is 12.0. The molecule has 0 radical (unpaired) electrons. The first-order valence-electron chi connectivity index (χ1n) is 7.32. The van der Waals surface area contributed by atoms with Gasteiger partial charge >= 0.3 is 0 Å². The second kappa shape index (κ2) is 7.07. The molecule has 0 aromatic heterocycles. The molecule has 0 saturated carbocycles. The molecule has 0 aliphatic carbocycles. The molecule has 0 aliphatic heterocycles. The van der Waals surface area contributed by atoms with Crippen LogP contribution in [0.1, 0.15) is 34.8 Å². The quantitative estimate of drug-likeness (QED) is 0.758. The topological polar surface area (TPSA) is 92.4 Å². The Balaban J connectivity index is 1.91. The molecule has 0 aliphatic rings. The van der Waals surface area contributed by atoms with Gasteiger partial charge in [0.25, 0.3) is 0 Å². The van der Waals surface area contributed by atoms with E-state index in [1.807, 2.05) is 18.2 Å². The SMILES string of the molecule is CC(O)(CC(=O)NCc1ccc(C(N)=O)cc1)c1ccccc1. The van der Waals surface area contributed by atoms with Gasteiger partial charge in [0.2, 0.25) is 11.8 Å². The molecule has 1 unspecified atom stereocenters. The number of hydrogen-bond acceptors (Lipinski definition) is 3. The van der Waals surface area contributed by atoms with Crippen LogP contribution in [0.4, 0.5) is 0 Å². The summed E-state index contributed by atoms with van der Waals surface area (Å²) in [6.07, 6.45) is -0.0314. The fourth-order valence-electron chi connectivity index (χ4n) is 2.26. The number of benzene rings is 2. The van der Waals surface area contributed by atoms with Crippen LogP contribution < -0.4 is 11.1 Å². The number of amides is 2. The molecule has 0 heterocycles. The summed E-state index contributed by atoms with van der Waals surface area (Å²) in [5.74, 6) is -0.739. The normalized spacial score (nSPS) is 13.1. The first-order valence-corrected chi connectivity index (χ1v) is 7.32. The predicted octanol–water partition coefficient (Wildman–Crippen LogP) is 1.70. The van der Waals surface area contributed by atoms with E-state index in [0.29, 0.717) is 17.7 Å². The zero-order valence-corrected chi connectivity index (χ0v) is 13.0. The Bertz CT molecular complexity index is 679. The summed E-state index contributed by atoms with van der Waals surface area (Å²) >= 11 is 0. The van der Waals surface area contributed by atoms with Crippen molar-refractivity contribution in [2.24, 2.45) is 5.73 Å². The summed E-state index contributed by atoms with van der Waals surface area (Å²) in [6.45, 7) is 1.94. The summed E-state index contributed by atoms with van der Waals surface area (Å²) in [6, 6.07) is 15.8. The number of carbonyl (C=O) groups excluding carboxylic acids is 2. The molecule has 4 N–H and O–H groups in total. The summed E-state index contributed by atoms with van der Waals surface area (Å²) in [4.78, 5) is 23.0. The zero-order valence-electron chi connectivity index (χ0n) is 13.0. The molecule has 0 saturated heterocycles.